The highest BCUT2D eigenvalue weighted by atomic mass is 16.5. The summed E-state index contributed by atoms with van der Waals surface area (Å²) in [7, 11) is 1.43. The van der Waals surface area contributed by atoms with Crippen molar-refractivity contribution in [3.8, 4) is 5.75 Å². The highest BCUT2D eigenvalue weighted by molar-refractivity contribution is 5.87. The minimum atomic E-state index is -3.26. The van der Waals surface area contributed by atoms with E-state index in [0.717, 1.165) is 0 Å². The van der Waals surface area contributed by atoms with Crippen molar-refractivity contribution in [1.82, 2.24) is 5.31 Å². The Labute approximate surface area is 118 Å². The number of aryl methyl sites for hydroxylation is 1. The lowest BCUT2D eigenvalue weighted by Gasteiger charge is -2.08. The lowest BCUT2D eigenvalue weighted by molar-refractivity contribution is -0.118. The number of rotatable bonds is 4. The lowest BCUT2D eigenvalue weighted by Crippen LogP contribution is -2.22. The zero-order chi connectivity index (χ0) is 19.9. The molecule has 0 saturated carbocycles. The van der Waals surface area contributed by atoms with Gasteiger partial charge < -0.3 is 10.0 Å². The number of nitrogens with one attached hydrogen (secondary N) is 1. The smallest absolute Gasteiger partial charge is 0.216 e. The Kier molecular flexibility index (Phi) is 1.77. The van der Waals surface area contributed by atoms with Gasteiger partial charge in [0, 0.05) is 22.9 Å². The molecule has 94 valence electrons. The quantitative estimate of drug-likeness (QED) is 0.906. The molecule has 0 aliphatic carbocycles. The molecule has 0 bridgehead atoms. The van der Waals surface area contributed by atoms with Crippen LogP contribution in [0.3, 0.4) is 0 Å². The van der Waals surface area contributed by atoms with Crippen molar-refractivity contribution in [2.75, 3.05) is 13.6 Å². The molecule has 3 heteroatoms. The highest BCUT2D eigenvalue weighted by Crippen LogP contribution is 2.24. The summed E-state index contributed by atoms with van der Waals surface area (Å²) in [6.45, 7) is -6.50. The van der Waals surface area contributed by atoms with Gasteiger partial charge in [-0.1, -0.05) is 24.3 Å². The normalized spacial score (nSPS) is 19.2. The summed E-state index contributed by atoms with van der Waals surface area (Å²) in [5.74, 6) is -1.38. The Morgan fingerprint density at radius 1 is 1.50 bits per heavy atom. The number of carbonyl (C=O) groups is 1. The molecule has 3 nitrogen and oxygen atoms in total. The van der Waals surface area contributed by atoms with E-state index in [9.17, 15) is 4.79 Å². The Balaban J connectivity index is 2.62. The van der Waals surface area contributed by atoms with Crippen molar-refractivity contribution >= 4 is 16.7 Å². The molecule has 1 N–H and O–H groups in total. The summed E-state index contributed by atoms with van der Waals surface area (Å²) >= 11 is 0. The number of benzene rings is 2. The van der Waals surface area contributed by atoms with Gasteiger partial charge in [0.25, 0.3) is 0 Å². The van der Waals surface area contributed by atoms with Gasteiger partial charge in [0.15, 0.2) is 1.41 Å². The molecule has 0 atom stereocenters. The largest absolute Gasteiger partial charge is 0.497 e. The molecule has 2 aromatic carbocycles. The van der Waals surface area contributed by atoms with Gasteiger partial charge in [0.1, 0.15) is 5.75 Å². The van der Waals surface area contributed by atoms with Crippen molar-refractivity contribution in [3.05, 3.63) is 42.0 Å². The highest BCUT2D eigenvalue weighted by Gasteiger charge is 2.03. The molecule has 0 saturated heterocycles. The van der Waals surface area contributed by atoms with Crippen molar-refractivity contribution in [1.29, 1.82) is 0 Å². The number of methoxy groups -OCH3 is 1. The van der Waals surface area contributed by atoms with E-state index < -0.39 is 30.9 Å². The molecular formula is C15H17NO2. The summed E-state index contributed by atoms with van der Waals surface area (Å²) < 4.78 is 66.4. The number of amides is 1. The summed E-state index contributed by atoms with van der Waals surface area (Å²) in [4.78, 5) is 11.8. The van der Waals surface area contributed by atoms with Crippen LogP contribution in [-0.2, 0) is 11.2 Å². The van der Waals surface area contributed by atoms with E-state index in [-0.39, 0.29) is 5.56 Å². The molecule has 1 amide bonds. The van der Waals surface area contributed by atoms with Gasteiger partial charge in [-0.15, -0.1) is 0 Å². The molecule has 0 fully saturated rings. The number of carbonyl (C=O) groups excluding carboxylic acids is 1. The zero-order valence-electron chi connectivity index (χ0n) is 17.7. The van der Waals surface area contributed by atoms with Crippen LogP contribution in [0.25, 0.3) is 10.8 Å². The van der Waals surface area contributed by atoms with Crippen molar-refractivity contribution in [2.45, 2.75) is 13.2 Å². The summed E-state index contributed by atoms with van der Waals surface area (Å²) in [6.07, 6.45) is -2.87. The van der Waals surface area contributed by atoms with Crippen LogP contribution in [0.4, 0.5) is 0 Å². The molecule has 0 aliphatic rings. The molecule has 0 unspecified atom stereocenters. The van der Waals surface area contributed by atoms with E-state index in [1.54, 1.807) is 18.2 Å². The number of hydrogen-bond acceptors (Lipinski definition) is 2. The third-order valence-electron chi connectivity index (χ3n) is 2.44. The number of fused-ring (bicyclic) bond motifs is 1. The number of ether oxygens (including phenoxy) is 1. The average molecular weight is 251 g/mol. The minimum Gasteiger partial charge on any atom is -0.497 e. The van der Waals surface area contributed by atoms with Gasteiger partial charge in [-0.25, -0.2) is 0 Å². The summed E-state index contributed by atoms with van der Waals surface area (Å²) in [6, 6.07) is 9.36. The van der Waals surface area contributed by atoms with E-state index in [0.29, 0.717) is 16.5 Å². The Hall–Kier alpha value is -2.03. The van der Waals surface area contributed by atoms with Gasteiger partial charge in [0.05, 0.1) is 7.11 Å². The van der Waals surface area contributed by atoms with Crippen LogP contribution in [-0.4, -0.2) is 19.5 Å². The van der Waals surface area contributed by atoms with Crippen LogP contribution < -0.4 is 10.0 Å². The van der Waals surface area contributed by atoms with Gasteiger partial charge in [-0.3, -0.25) is 4.79 Å². The molecule has 0 aromatic heterocycles. The van der Waals surface area contributed by atoms with Crippen molar-refractivity contribution in [3.63, 3.8) is 0 Å². The van der Waals surface area contributed by atoms with Gasteiger partial charge in [0.2, 0.25) is 5.91 Å². The second-order valence-electron chi connectivity index (χ2n) is 3.55. The second-order valence-corrected chi connectivity index (χ2v) is 3.55. The first-order valence-electron chi connectivity index (χ1n) is 9.19. The van der Waals surface area contributed by atoms with Crippen LogP contribution in [0.5, 0.6) is 5.75 Å². The zero-order valence-corrected chi connectivity index (χ0v) is 9.73. The predicted molar refractivity (Wildman–Crippen MR) is 72.9 cm³/mol. The first-order valence-corrected chi connectivity index (χ1v) is 5.25. The predicted octanol–water partition coefficient (Wildman–Crippen LogP) is 2.53. The van der Waals surface area contributed by atoms with Crippen LogP contribution in [0.1, 0.15) is 22.0 Å². The third kappa shape index (κ3) is 2.80. The van der Waals surface area contributed by atoms with E-state index in [2.05, 4.69) is 0 Å². The monoisotopic (exact) mass is 251 g/mol. The third-order valence-corrected chi connectivity index (χ3v) is 2.44. The standard InChI is InChI=1S/C15H17NO2/c1-11(17)16-9-8-13-5-3-4-12-6-7-14(18-2)10-15(12)13/h3-7,10H,8-9H2,1-2H3,(H,16,17)/i1D3,8D2,9D2/hD. The summed E-state index contributed by atoms with van der Waals surface area (Å²) in [5.41, 5.74) is -0.130. The van der Waals surface area contributed by atoms with Crippen LogP contribution in [0.2, 0.25) is 1.41 Å². The van der Waals surface area contributed by atoms with E-state index >= 15 is 0 Å². The fourth-order valence-electron chi connectivity index (χ4n) is 1.63. The fourth-order valence-corrected chi connectivity index (χ4v) is 1.63. The molecule has 2 aromatic rings. The van der Waals surface area contributed by atoms with Crippen molar-refractivity contribution < 1.29 is 20.5 Å². The minimum absolute atomic E-state index is 0.130. The summed E-state index contributed by atoms with van der Waals surface area (Å²) in [5, 5.41) is 0.482. The fraction of sp³-hybridized carbons (Fsp3) is 0.267. The Morgan fingerprint density at radius 2 is 2.39 bits per heavy atom. The maximum atomic E-state index is 11.8. The second kappa shape index (κ2) is 5.54. The SMILES string of the molecule is [2H]N(C(=O)C([2H])([2H])[2H])C([2H])([2H])C([2H])([2H])c1cccc2ccc(OC)cc12. The Bertz CT molecular complexity index is 834. The average Bonchev–Trinajstić information content (AvgIpc) is 2.58. The van der Waals surface area contributed by atoms with E-state index in [4.69, 9.17) is 15.7 Å². The molecule has 0 aliphatic heterocycles. The first kappa shape index (κ1) is 5.74. The van der Waals surface area contributed by atoms with Gasteiger partial charge >= 0.3 is 0 Å². The van der Waals surface area contributed by atoms with Crippen LogP contribution in [0, 0.1) is 0 Å². The van der Waals surface area contributed by atoms with E-state index in [1.807, 2.05) is 0 Å². The van der Waals surface area contributed by atoms with Gasteiger partial charge in [-0.2, -0.15) is 0 Å². The molecule has 0 heterocycles. The van der Waals surface area contributed by atoms with Gasteiger partial charge in [-0.05, 0) is 34.8 Å². The molecule has 2 rings (SSSR count). The maximum Gasteiger partial charge on any atom is 0.216 e. The topological polar surface area (TPSA) is 38.3 Å². The number of hydrogen-bond donors (Lipinski definition) is 1. The van der Waals surface area contributed by atoms with Crippen LogP contribution >= 0.6 is 0 Å². The molecular weight excluding hydrogens is 226 g/mol. The molecule has 18 heavy (non-hydrogen) atoms. The molecule has 0 radical (unpaired) electrons. The van der Waals surface area contributed by atoms with Crippen molar-refractivity contribution in [2.24, 2.45) is 0 Å². The van der Waals surface area contributed by atoms with Crippen LogP contribution in [0.15, 0.2) is 36.4 Å². The first-order chi connectivity index (χ1) is 11.8. The van der Waals surface area contributed by atoms with E-state index in [1.165, 1.54) is 25.3 Å². The maximum absolute atomic E-state index is 11.8. The Morgan fingerprint density at radius 3 is 3.17 bits per heavy atom. The lowest BCUT2D eigenvalue weighted by atomic mass is 10.0. The molecule has 0 spiro atoms.